The zero-order valence-electron chi connectivity index (χ0n) is 15.7. The molecule has 1 aromatic rings. The van der Waals surface area contributed by atoms with Gasteiger partial charge in [0.1, 0.15) is 5.69 Å². The summed E-state index contributed by atoms with van der Waals surface area (Å²) in [5.41, 5.74) is 0.648. The minimum Gasteiger partial charge on any atom is -0.350 e. The van der Waals surface area contributed by atoms with E-state index in [9.17, 15) is 14.9 Å². The number of rotatable bonds is 5. The summed E-state index contributed by atoms with van der Waals surface area (Å²) in [5, 5.41) is 15.9. The number of nitro groups is 1. The van der Waals surface area contributed by atoms with E-state index < -0.39 is 0 Å². The Hall–Kier alpha value is -2.16. The first-order valence-electron chi connectivity index (χ1n) is 9.46. The maximum absolute atomic E-state index is 12.4. The van der Waals surface area contributed by atoms with Gasteiger partial charge in [-0.15, -0.1) is 0 Å². The van der Waals surface area contributed by atoms with E-state index in [1.54, 1.807) is 11.7 Å². The fourth-order valence-electron chi connectivity index (χ4n) is 3.94. The highest BCUT2D eigenvalue weighted by atomic mass is 16.6. The molecule has 1 aromatic heterocycles. The van der Waals surface area contributed by atoms with Crippen molar-refractivity contribution in [3.05, 3.63) is 15.8 Å². The van der Waals surface area contributed by atoms with Gasteiger partial charge in [-0.05, 0) is 25.7 Å². The van der Waals surface area contributed by atoms with Crippen LogP contribution >= 0.6 is 0 Å². The van der Waals surface area contributed by atoms with Crippen LogP contribution in [-0.4, -0.2) is 76.2 Å². The molecule has 0 aliphatic carbocycles. The quantitative estimate of drug-likeness (QED) is 0.573. The highest BCUT2D eigenvalue weighted by Crippen LogP contribution is 2.32. The molecule has 2 fully saturated rings. The molecule has 3 rings (SSSR count). The van der Waals surface area contributed by atoms with Crippen LogP contribution in [0.4, 0.5) is 11.5 Å². The third-order valence-electron chi connectivity index (χ3n) is 5.29. The van der Waals surface area contributed by atoms with E-state index >= 15 is 0 Å². The molecule has 2 saturated heterocycles. The molecule has 0 bridgehead atoms. The average Bonchev–Trinajstić information content (AvgIpc) is 3.19. The van der Waals surface area contributed by atoms with Crippen molar-refractivity contribution in [2.75, 3.05) is 50.7 Å². The van der Waals surface area contributed by atoms with Gasteiger partial charge in [-0.3, -0.25) is 19.8 Å². The van der Waals surface area contributed by atoms with Crippen molar-refractivity contribution in [3.8, 4) is 0 Å². The van der Waals surface area contributed by atoms with Crippen LogP contribution in [0, 0.1) is 10.1 Å². The number of carbonyl (C=O) groups is 1. The third-order valence-corrected chi connectivity index (χ3v) is 5.29. The SMILES string of the molecule is CCc1nn(C)c(N2CCCN(CC(=O)N3CCCC3)CC2)c1[N+](=O)[O-]. The second-order valence-electron chi connectivity index (χ2n) is 7.06. The van der Waals surface area contributed by atoms with Gasteiger partial charge in [-0.25, -0.2) is 4.68 Å². The van der Waals surface area contributed by atoms with Crippen LogP contribution in [0.1, 0.15) is 31.9 Å². The van der Waals surface area contributed by atoms with Crippen LogP contribution in [-0.2, 0) is 18.3 Å². The van der Waals surface area contributed by atoms with Gasteiger partial charge in [0.15, 0.2) is 0 Å². The molecule has 0 radical (unpaired) electrons. The van der Waals surface area contributed by atoms with Crippen molar-refractivity contribution in [2.24, 2.45) is 7.05 Å². The Balaban J connectivity index is 1.68. The lowest BCUT2D eigenvalue weighted by Crippen LogP contribution is -2.40. The van der Waals surface area contributed by atoms with Gasteiger partial charge in [-0.1, -0.05) is 6.92 Å². The summed E-state index contributed by atoms with van der Waals surface area (Å²) in [6.45, 7) is 7.04. The Bertz CT molecular complexity index is 668. The van der Waals surface area contributed by atoms with Crippen LogP contribution in [0.25, 0.3) is 0 Å². The summed E-state index contributed by atoms with van der Waals surface area (Å²) >= 11 is 0. The van der Waals surface area contributed by atoms with Crippen LogP contribution in [0.3, 0.4) is 0 Å². The molecule has 0 saturated carbocycles. The lowest BCUT2D eigenvalue weighted by atomic mass is 10.2. The number of amides is 1. The molecule has 0 atom stereocenters. The van der Waals surface area contributed by atoms with Gasteiger partial charge >= 0.3 is 5.69 Å². The standard InChI is InChI=1S/C17H28N6O3/c1-3-14-16(23(25)26)17(19(2)18-14)22-10-6-7-20(11-12-22)13-15(24)21-8-4-5-9-21/h3-13H2,1-2H3. The van der Waals surface area contributed by atoms with Crippen LogP contribution in [0.5, 0.6) is 0 Å². The van der Waals surface area contributed by atoms with E-state index in [2.05, 4.69) is 10.00 Å². The van der Waals surface area contributed by atoms with Crippen LogP contribution < -0.4 is 4.90 Å². The fourth-order valence-corrected chi connectivity index (χ4v) is 3.94. The number of aryl methyl sites for hydroxylation is 2. The maximum Gasteiger partial charge on any atom is 0.334 e. The number of carbonyl (C=O) groups excluding carboxylic acids is 1. The molecular formula is C17H28N6O3. The molecule has 2 aliphatic heterocycles. The summed E-state index contributed by atoms with van der Waals surface area (Å²) in [5.74, 6) is 0.787. The Morgan fingerprint density at radius 3 is 2.50 bits per heavy atom. The molecule has 26 heavy (non-hydrogen) atoms. The van der Waals surface area contributed by atoms with E-state index in [0.717, 1.165) is 52.0 Å². The van der Waals surface area contributed by atoms with Crippen molar-refractivity contribution in [1.29, 1.82) is 0 Å². The maximum atomic E-state index is 12.4. The van der Waals surface area contributed by atoms with Gasteiger partial charge in [0.25, 0.3) is 0 Å². The molecule has 0 unspecified atom stereocenters. The zero-order valence-corrected chi connectivity index (χ0v) is 15.7. The van der Waals surface area contributed by atoms with Gasteiger partial charge in [0.05, 0.1) is 11.5 Å². The summed E-state index contributed by atoms with van der Waals surface area (Å²) in [4.78, 5) is 29.8. The number of nitrogens with zero attached hydrogens (tertiary/aromatic N) is 6. The van der Waals surface area contributed by atoms with Gasteiger partial charge in [-0.2, -0.15) is 5.10 Å². The summed E-state index contributed by atoms with van der Waals surface area (Å²) < 4.78 is 1.63. The minimum atomic E-state index is -0.319. The minimum absolute atomic E-state index is 0.122. The molecule has 9 heteroatoms. The summed E-state index contributed by atoms with van der Waals surface area (Å²) in [7, 11) is 1.76. The normalized spacial score (nSPS) is 19.0. The van der Waals surface area contributed by atoms with Crippen molar-refractivity contribution >= 4 is 17.4 Å². The van der Waals surface area contributed by atoms with Crippen LogP contribution in [0.2, 0.25) is 0 Å². The highest BCUT2D eigenvalue weighted by molar-refractivity contribution is 5.78. The second-order valence-corrected chi connectivity index (χ2v) is 7.06. The van der Waals surface area contributed by atoms with Gasteiger partial charge in [0.2, 0.25) is 11.7 Å². The average molecular weight is 364 g/mol. The topological polar surface area (TPSA) is 87.8 Å². The molecule has 2 aliphatic rings. The number of anilines is 1. The predicted octanol–water partition coefficient (Wildman–Crippen LogP) is 1.03. The Morgan fingerprint density at radius 1 is 1.12 bits per heavy atom. The number of hydrogen-bond donors (Lipinski definition) is 0. The fraction of sp³-hybridized carbons (Fsp3) is 0.765. The van der Waals surface area contributed by atoms with Gasteiger partial charge in [0, 0.05) is 46.3 Å². The van der Waals surface area contributed by atoms with Crippen molar-refractivity contribution in [3.63, 3.8) is 0 Å². The number of aromatic nitrogens is 2. The van der Waals surface area contributed by atoms with E-state index in [-0.39, 0.29) is 16.5 Å². The number of likely N-dealkylation sites (tertiary alicyclic amines) is 1. The Kier molecular flexibility index (Phi) is 5.75. The molecule has 0 spiro atoms. The first-order valence-corrected chi connectivity index (χ1v) is 9.46. The molecular weight excluding hydrogens is 336 g/mol. The smallest absolute Gasteiger partial charge is 0.334 e. The number of hydrogen-bond acceptors (Lipinski definition) is 6. The van der Waals surface area contributed by atoms with E-state index in [0.29, 0.717) is 31.0 Å². The molecule has 0 N–H and O–H groups in total. The molecule has 0 aromatic carbocycles. The van der Waals surface area contributed by atoms with Crippen molar-refractivity contribution in [1.82, 2.24) is 19.6 Å². The van der Waals surface area contributed by atoms with Crippen molar-refractivity contribution < 1.29 is 9.72 Å². The van der Waals surface area contributed by atoms with Crippen molar-refractivity contribution in [2.45, 2.75) is 32.6 Å². The Morgan fingerprint density at radius 2 is 1.85 bits per heavy atom. The lowest BCUT2D eigenvalue weighted by molar-refractivity contribution is -0.384. The summed E-state index contributed by atoms with van der Waals surface area (Å²) in [6, 6.07) is 0. The third kappa shape index (κ3) is 3.82. The van der Waals surface area contributed by atoms with Gasteiger partial charge < -0.3 is 9.80 Å². The Labute approximate surface area is 153 Å². The lowest BCUT2D eigenvalue weighted by Gasteiger charge is -2.24. The first kappa shape index (κ1) is 18.6. The second kappa shape index (κ2) is 8.03. The largest absolute Gasteiger partial charge is 0.350 e. The predicted molar refractivity (Wildman–Crippen MR) is 98.3 cm³/mol. The first-order chi connectivity index (χ1) is 12.5. The molecule has 1 amide bonds. The molecule has 144 valence electrons. The molecule has 9 nitrogen and oxygen atoms in total. The van der Waals surface area contributed by atoms with E-state index in [1.807, 2.05) is 16.7 Å². The molecule has 3 heterocycles. The van der Waals surface area contributed by atoms with E-state index in [4.69, 9.17) is 0 Å². The monoisotopic (exact) mass is 364 g/mol. The van der Waals surface area contributed by atoms with Crippen LogP contribution in [0.15, 0.2) is 0 Å². The summed E-state index contributed by atoms with van der Waals surface area (Å²) in [6.07, 6.45) is 3.61. The highest BCUT2D eigenvalue weighted by Gasteiger charge is 2.31. The zero-order chi connectivity index (χ0) is 18.7. The van der Waals surface area contributed by atoms with E-state index in [1.165, 1.54) is 0 Å².